The second-order valence-corrected chi connectivity index (χ2v) is 6.82. The molecule has 0 amide bonds. The molecule has 0 fully saturated rings. The smallest absolute Gasteiger partial charge is 0.426 e. The molecule has 0 atom stereocenters. The normalized spacial score (nSPS) is 12.2. The highest BCUT2D eigenvalue weighted by Crippen LogP contribution is 2.35. The molecule has 3 aromatic carbocycles. The lowest BCUT2D eigenvalue weighted by atomic mass is 10.0. The van der Waals surface area contributed by atoms with Crippen LogP contribution >= 0.6 is 0 Å². The molecule has 0 aliphatic carbocycles. The van der Waals surface area contributed by atoms with Crippen LogP contribution in [0, 0.1) is 17.5 Å². The van der Waals surface area contributed by atoms with Crippen molar-refractivity contribution in [3.8, 4) is 16.9 Å². The van der Waals surface area contributed by atoms with E-state index in [1.165, 1.54) is 18.2 Å². The van der Waals surface area contributed by atoms with Gasteiger partial charge >= 0.3 is 12.3 Å². The predicted octanol–water partition coefficient (Wildman–Crippen LogP) is 8.12. The number of allylic oxidation sites excluding steroid dienone is 1. The lowest BCUT2D eigenvalue weighted by molar-refractivity contribution is -0.185. The van der Waals surface area contributed by atoms with E-state index < -0.39 is 46.6 Å². The van der Waals surface area contributed by atoms with Crippen LogP contribution in [0.25, 0.3) is 23.3 Å². The molecule has 0 saturated heterocycles. The van der Waals surface area contributed by atoms with Gasteiger partial charge in [0.25, 0.3) is 0 Å². The summed E-state index contributed by atoms with van der Waals surface area (Å²) in [5.41, 5.74) is -1.57. The number of alkyl halides is 5. The quantitative estimate of drug-likeness (QED) is 0.331. The Hall–Kier alpha value is -3.62. The van der Waals surface area contributed by atoms with Crippen molar-refractivity contribution in [2.45, 2.75) is 12.3 Å². The first-order valence-electron chi connectivity index (χ1n) is 9.24. The Labute approximate surface area is 183 Å². The summed E-state index contributed by atoms with van der Waals surface area (Å²) in [6, 6.07) is 8.80. The van der Waals surface area contributed by atoms with Gasteiger partial charge in [-0.2, -0.15) is 22.0 Å². The second kappa shape index (κ2) is 9.09. The van der Waals surface area contributed by atoms with E-state index >= 15 is 0 Å². The van der Waals surface area contributed by atoms with Gasteiger partial charge in [-0.05, 0) is 53.6 Å². The van der Waals surface area contributed by atoms with Crippen LogP contribution in [0.4, 0.5) is 35.1 Å². The number of hydrogen-bond acceptors (Lipinski definition) is 1. The molecule has 0 bridgehead atoms. The fourth-order valence-corrected chi connectivity index (χ4v) is 2.89. The first-order valence-corrected chi connectivity index (χ1v) is 9.24. The summed E-state index contributed by atoms with van der Waals surface area (Å²) in [6.07, 6.45) is -7.26. The van der Waals surface area contributed by atoms with Crippen LogP contribution < -0.4 is 4.74 Å². The van der Waals surface area contributed by atoms with Gasteiger partial charge in [0.1, 0.15) is 23.2 Å². The molecule has 9 heteroatoms. The molecule has 33 heavy (non-hydrogen) atoms. The van der Waals surface area contributed by atoms with E-state index in [2.05, 4.69) is 11.3 Å². The minimum absolute atomic E-state index is 0.214. The lowest BCUT2D eigenvalue weighted by Crippen LogP contribution is -2.21. The van der Waals surface area contributed by atoms with Crippen LogP contribution in [0.15, 0.2) is 67.3 Å². The Balaban J connectivity index is 1.87. The standard InChI is InChI=1S/C24H14F8O/c1-2-14-3-5-16(6-4-14)24(31,32)33-17-7-8-18(22(27)13-17)15-11-20(25)19(21(26)12-15)9-10-23(28,29)30/h2-13H,1H2/b10-9+. The molecule has 1 nitrogen and oxygen atoms in total. The van der Waals surface area contributed by atoms with Gasteiger partial charge in [-0.3, -0.25) is 0 Å². The molecular weight excluding hydrogens is 456 g/mol. The highest BCUT2D eigenvalue weighted by atomic mass is 19.4. The van der Waals surface area contributed by atoms with Gasteiger partial charge in [0.05, 0.1) is 5.56 Å². The summed E-state index contributed by atoms with van der Waals surface area (Å²) in [7, 11) is 0. The Kier molecular flexibility index (Phi) is 6.62. The first kappa shape index (κ1) is 24.0. The van der Waals surface area contributed by atoms with Crippen molar-refractivity contribution >= 4 is 12.2 Å². The average Bonchev–Trinajstić information content (AvgIpc) is 2.72. The third-order valence-corrected chi connectivity index (χ3v) is 4.50. The highest BCUT2D eigenvalue weighted by Gasteiger charge is 2.34. The average molecular weight is 470 g/mol. The van der Waals surface area contributed by atoms with Crippen LogP contribution in [-0.4, -0.2) is 6.18 Å². The van der Waals surface area contributed by atoms with Gasteiger partial charge in [0, 0.05) is 23.3 Å². The Morgan fingerprint density at radius 3 is 1.88 bits per heavy atom. The largest absolute Gasteiger partial charge is 0.429 e. The van der Waals surface area contributed by atoms with Crippen molar-refractivity contribution in [2.24, 2.45) is 0 Å². The number of rotatable bonds is 6. The van der Waals surface area contributed by atoms with Gasteiger partial charge < -0.3 is 4.74 Å². The van der Waals surface area contributed by atoms with Crippen molar-refractivity contribution in [3.05, 3.63) is 101 Å². The maximum atomic E-state index is 14.5. The number of ether oxygens (including phenoxy) is 1. The number of benzene rings is 3. The van der Waals surface area contributed by atoms with Crippen molar-refractivity contribution in [2.75, 3.05) is 0 Å². The molecule has 0 saturated carbocycles. The van der Waals surface area contributed by atoms with Crippen LogP contribution in [0.2, 0.25) is 0 Å². The minimum atomic E-state index is -4.78. The minimum Gasteiger partial charge on any atom is -0.429 e. The van der Waals surface area contributed by atoms with Gasteiger partial charge in [-0.25, -0.2) is 13.2 Å². The third-order valence-electron chi connectivity index (χ3n) is 4.50. The van der Waals surface area contributed by atoms with E-state index in [9.17, 15) is 35.1 Å². The van der Waals surface area contributed by atoms with Gasteiger partial charge in [-0.15, -0.1) is 0 Å². The molecule has 0 spiro atoms. The highest BCUT2D eigenvalue weighted by molar-refractivity contribution is 5.68. The fraction of sp³-hybridized carbons (Fsp3) is 0.0833. The number of hydrogen-bond donors (Lipinski definition) is 0. The van der Waals surface area contributed by atoms with Gasteiger partial charge in [-0.1, -0.05) is 24.8 Å². The number of halogens is 8. The van der Waals surface area contributed by atoms with Crippen LogP contribution in [0.5, 0.6) is 5.75 Å². The molecule has 0 N–H and O–H groups in total. The molecule has 0 heterocycles. The summed E-state index contributed by atoms with van der Waals surface area (Å²) in [5, 5.41) is 0. The zero-order chi connectivity index (χ0) is 24.4. The third kappa shape index (κ3) is 5.79. The van der Waals surface area contributed by atoms with E-state index in [1.807, 2.05) is 0 Å². The predicted molar refractivity (Wildman–Crippen MR) is 108 cm³/mol. The maximum absolute atomic E-state index is 14.5. The molecule has 0 aromatic heterocycles. The zero-order valence-electron chi connectivity index (χ0n) is 16.6. The SMILES string of the molecule is C=Cc1ccc(C(F)(F)Oc2ccc(-c3cc(F)c(/C=C/C(F)(F)F)c(F)c3)c(F)c2)cc1. The molecule has 3 rings (SSSR count). The fourth-order valence-electron chi connectivity index (χ4n) is 2.89. The molecule has 0 unspecified atom stereocenters. The van der Waals surface area contributed by atoms with Crippen molar-refractivity contribution in [1.82, 2.24) is 0 Å². The molecule has 3 aromatic rings. The Bertz CT molecular complexity index is 1170. The summed E-state index contributed by atoms with van der Waals surface area (Å²) in [5.74, 6) is -4.41. The first-order chi connectivity index (χ1) is 15.4. The van der Waals surface area contributed by atoms with Crippen LogP contribution in [0.1, 0.15) is 16.7 Å². The topological polar surface area (TPSA) is 9.23 Å². The van der Waals surface area contributed by atoms with Gasteiger partial charge in [0.15, 0.2) is 0 Å². The van der Waals surface area contributed by atoms with Crippen LogP contribution in [0.3, 0.4) is 0 Å². The molecule has 172 valence electrons. The van der Waals surface area contributed by atoms with E-state index in [-0.39, 0.29) is 23.3 Å². The van der Waals surface area contributed by atoms with Crippen molar-refractivity contribution < 1.29 is 39.9 Å². The monoisotopic (exact) mass is 470 g/mol. The van der Waals surface area contributed by atoms with E-state index in [0.717, 1.165) is 24.3 Å². The van der Waals surface area contributed by atoms with Crippen LogP contribution in [-0.2, 0) is 6.11 Å². The zero-order valence-corrected chi connectivity index (χ0v) is 16.6. The maximum Gasteiger partial charge on any atom is 0.426 e. The summed E-state index contributed by atoms with van der Waals surface area (Å²) < 4.78 is 113. The Morgan fingerprint density at radius 2 is 1.36 bits per heavy atom. The summed E-state index contributed by atoms with van der Waals surface area (Å²) in [4.78, 5) is 0. The van der Waals surface area contributed by atoms with Crippen molar-refractivity contribution in [3.63, 3.8) is 0 Å². The van der Waals surface area contributed by atoms with E-state index in [0.29, 0.717) is 23.8 Å². The molecule has 0 aliphatic heterocycles. The van der Waals surface area contributed by atoms with E-state index in [1.54, 1.807) is 0 Å². The van der Waals surface area contributed by atoms with Crippen molar-refractivity contribution in [1.29, 1.82) is 0 Å². The summed E-state index contributed by atoms with van der Waals surface area (Å²) in [6.45, 7) is 3.51. The molecule has 0 radical (unpaired) electrons. The molecule has 0 aliphatic rings. The Morgan fingerprint density at radius 1 is 0.758 bits per heavy atom. The summed E-state index contributed by atoms with van der Waals surface area (Å²) >= 11 is 0. The molecular formula is C24H14F8O. The second-order valence-electron chi connectivity index (χ2n) is 6.82. The van der Waals surface area contributed by atoms with E-state index in [4.69, 9.17) is 0 Å². The lowest BCUT2D eigenvalue weighted by Gasteiger charge is -2.19. The van der Waals surface area contributed by atoms with Gasteiger partial charge in [0.2, 0.25) is 0 Å².